The van der Waals surface area contributed by atoms with Gasteiger partial charge in [-0.1, -0.05) is 40.2 Å². The molecule has 0 radical (unpaired) electrons. The van der Waals surface area contributed by atoms with Crippen LogP contribution >= 0.6 is 15.9 Å². The van der Waals surface area contributed by atoms with Crippen LogP contribution in [0.4, 0.5) is 0 Å². The molecule has 1 aliphatic rings. The lowest BCUT2D eigenvalue weighted by atomic mass is 10.1. The van der Waals surface area contributed by atoms with Gasteiger partial charge < -0.3 is 5.11 Å². The fourth-order valence-corrected chi connectivity index (χ4v) is 2.99. The number of hydrogen-bond donors (Lipinski definition) is 1. The molecule has 1 N–H and O–H groups in total. The second kappa shape index (κ2) is 5.38. The number of hydrogen-bond acceptors (Lipinski definition) is 2. The molecule has 102 valence electrons. The molecule has 0 fully saturated rings. The zero-order chi connectivity index (χ0) is 14.1. The molecule has 0 saturated heterocycles. The van der Waals surface area contributed by atoms with Gasteiger partial charge in [0, 0.05) is 24.1 Å². The number of carboxylic acid groups (broad SMARTS) is 1. The Balaban J connectivity index is 1.77. The fourth-order valence-electron chi connectivity index (χ4n) is 2.58. The van der Waals surface area contributed by atoms with E-state index >= 15 is 0 Å². The minimum absolute atomic E-state index is 0.367. The molecule has 0 bridgehead atoms. The van der Waals surface area contributed by atoms with Gasteiger partial charge in [-0.2, -0.15) is 0 Å². The fraction of sp³-hybridized carbons (Fsp3) is 0.188. The molecular formula is C16H14BrNO2. The second-order valence-corrected chi connectivity index (χ2v) is 5.88. The predicted octanol–water partition coefficient (Wildman–Crippen LogP) is 3.66. The van der Waals surface area contributed by atoms with E-state index in [4.69, 9.17) is 5.11 Å². The smallest absolute Gasteiger partial charge is 0.335 e. The van der Waals surface area contributed by atoms with Crippen molar-refractivity contribution < 1.29 is 9.90 Å². The Morgan fingerprint density at radius 2 is 1.90 bits per heavy atom. The van der Waals surface area contributed by atoms with Crippen molar-refractivity contribution in [3.63, 3.8) is 0 Å². The highest BCUT2D eigenvalue weighted by Gasteiger charge is 2.20. The normalized spacial score (nSPS) is 14.2. The van der Waals surface area contributed by atoms with Gasteiger partial charge in [0.25, 0.3) is 0 Å². The quantitative estimate of drug-likeness (QED) is 0.932. The maximum atomic E-state index is 11.0. The van der Waals surface area contributed by atoms with E-state index in [2.05, 4.69) is 26.9 Å². The van der Waals surface area contributed by atoms with Gasteiger partial charge in [-0.05, 0) is 34.9 Å². The lowest BCUT2D eigenvalue weighted by molar-refractivity contribution is 0.0696. The molecular weight excluding hydrogens is 318 g/mol. The predicted molar refractivity (Wildman–Crippen MR) is 80.5 cm³/mol. The van der Waals surface area contributed by atoms with Gasteiger partial charge in [0.15, 0.2) is 0 Å². The first-order valence-corrected chi connectivity index (χ1v) is 7.23. The maximum Gasteiger partial charge on any atom is 0.335 e. The minimum Gasteiger partial charge on any atom is -0.478 e. The molecule has 20 heavy (non-hydrogen) atoms. The molecule has 0 aliphatic carbocycles. The highest BCUT2D eigenvalue weighted by atomic mass is 79.9. The molecule has 0 unspecified atom stereocenters. The van der Waals surface area contributed by atoms with Gasteiger partial charge in [0.1, 0.15) is 0 Å². The Hall–Kier alpha value is -1.65. The highest BCUT2D eigenvalue weighted by Crippen LogP contribution is 2.27. The van der Waals surface area contributed by atoms with Crippen molar-refractivity contribution in [3.8, 4) is 0 Å². The Kier molecular flexibility index (Phi) is 3.59. The van der Waals surface area contributed by atoms with Crippen molar-refractivity contribution in [1.82, 2.24) is 4.90 Å². The first-order valence-electron chi connectivity index (χ1n) is 6.44. The minimum atomic E-state index is -0.864. The van der Waals surface area contributed by atoms with Crippen molar-refractivity contribution in [1.29, 1.82) is 0 Å². The highest BCUT2D eigenvalue weighted by molar-refractivity contribution is 9.10. The summed E-state index contributed by atoms with van der Waals surface area (Å²) in [5.74, 6) is -0.864. The van der Waals surface area contributed by atoms with Gasteiger partial charge in [-0.25, -0.2) is 4.79 Å². The Morgan fingerprint density at radius 1 is 1.15 bits per heavy atom. The third-order valence-electron chi connectivity index (χ3n) is 3.59. The van der Waals surface area contributed by atoms with E-state index in [1.807, 2.05) is 24.3 Å². The molecule has 4 heteroatoms. The molecule has 2 aromatic rings. The molecule has 2 aromatic carbocycles. The van der Waals surface area contributed by atoms with Crippen molar-refractivity contribution in [2.45, 2.75) is 19.6 Å². The summed E-state index contributed by atoms with van der Waals surface area (Å²) < 4.78 is 1.11. The summed E-state index contributed by atoms with van der Waals surface area (Å²) in [6.07, 6.45) is 0. The van der Waals surface area contributed by atoms with Crippen LogP contribution in [0.2, 0.25) is 0 Å². The number of aromatic carboxylic acids is 1. The molecule has 1 aliphatic heterocycles. The van der Waals surface area contributed by atoms with E-state index in [1.54, 1.807) is 12.1 Å². The number of carboxylic acids is 1. The van der Waals surface area contributed by atoms with Crippen LogP contribution in [0, 0.1) is 0 Å². The Morgan fingerprint density at radius 3 is 2.65 bits per heavy atom. The average molecular weight is 332 g/mol. The number of halogens is 1. The molecule has 1 heterocycles. The summed E-state index contributed by atoms with van der Waals surface area (Å²) in [5.41, 5.74) is 3.96. The van der Waals surface area contributed by atoms with E-state index in [0.29, 0.717) is 5.56 Å². The Labute approximate surface area is 126 Å². The molecule has 3 nitrogen and oxygen atoms in total. The van der Waals surface area contributed by atoms with Crippen molar-refractivity contribution in [2.75, 3.05) is 0 Å². The summed E-state index contributed by atoms with van der Waals surface area (Å²) in [6.45, 7) is 2.53. The van der Waals surface area contributed by atoms with Crippen LogP contribution in [0.5, 0.6) is 0 Å². The van der Waals surface area contributed by atoms with Crippen LogP contribution in [-0.2, 0) is 19.6 Å². The molecule has 0 aromatic heterocycles. The topological polar surface area (TPSA) is 40.5 Å². The third-order valence-corrected chi connectivity index (χ3v) is 4.37. The lowest BCUT2D eigenvalue weighted by Gasteiger charge is -2.15. The van der Waals surface area contributed by atoms with E-state index < -0.39 is 5.97 Å². The van der Waals surface area contributed by atoms with Gasteiger partial charge in [-0.15, -0.1) is 0 Å². The molecule has 0 spiro atoms. The van der Waals surface area contributed by atoms with E-state index in [-0.39, 0.29) is 0 Å². The number of benzene rings is 2. The van der Waals surface area contributed by atoms with Gasteiger partial charge in [-0.3, -0.25) is 4.90 Å². The summed E-state index contributed by atoms with van der Waals surface area (Å²) in [7, 11) is 0. The number of carbonyl (C=O) groups is 1. The number of nitrogens with zero attached hydrogens (tertiary/aromatic N) is 1. The van der Waals surface area contributed by atoms with Crippen LogP contribution in [0.15, 0.2) is 46.9 Å². The molecule has 3 rings (SSSR count). The van der Waals surface area contributed by atoms with E-state index in [9.17, 15) is 4.79 Å². The van der Waals surface area contributed by atoms with E-state index in [1.165, 1.54) is 11.1 Å². The standard InChI is InChI=1S/C16H14BrNO2/c17-15-4-2-1-3-13(15)9-18-8-12-6-5-11(16(19)20)7-14(12)10-18/h1-7H,8-10H2,(H,19,20). The van der Waals surface area contributed by atoms with Crippen LogP contribution in [0.3, 0.4) is 0 Å². The summed E-state index contributed by atoms with van der Waals surface area (Å²) in [6, 6.07) is 13.6. The summed E-state index contributed by atoms with van der Waals surface area (Å²) >= 11 is 3.56. The van der Waals surface area contributed by atoms with Crippen molar-refractivity contribution in [3.05, 3.63) is 69.2 Å². The zero-order valence-electron chi connectivity index (χ0n) is 10.8. The Bertz CT molecular complexity index is 669. The van der Waals surface area contributed by atoms with Gasteiger partial charge in [0.05, 0.1) is 5.56 Å². The third kappa shape index (κ3) is 2.62. The monoisotopic (exact) mass is 331 g/mol. The van der Waals surface area contributed by atoms with Crippen LogP contribution < -0.4 is 0 Å². The lowest BCUT2D eigenvalue weighted by Crippen LogP contribution is -2.15. The SMILES string of the molecule is O=C(O)c1ccc2c(c1)CN(Cc1ccccc1Br)C2. The first-order chi connectivity index (χ1) is 9.63. The van der Waals surface area contributed by atoms with Crippen molar-refractivity contribution in [2.24, 2.45) is 0 Å². The average Bonchev–Trinajstić information content (AvgIpc) is 2.82. The van der Waals surface area contributed by atoms with E-state index in [0.717, 1.165) is 29.7 Å². The number of fused-ring (bicyclic) bond motifs is 1. The van der Waals surface area contributed by atoms with Crippen LogP contribution in [0.1, 0.15) is 27.0 Å². The first kappa shape index (κ1) is 13.3. The van der Waals surface area contributed by atoms with Crippen LogP contribution in [0.25, 0.3) is 0 Å². The van der Waals surface area contributed by atoms with Crippen LogP contribution in [-0.4, -0.2) is 16.0 Å². The second-order valence-electron chi connectivity index (χ2n) is 5.03. The largest absolute Gasteiger partial charge is 0.478 e. The summed E-state index contributed by atoms with van der Waals surface area (Å²) in [5, 5.41) is 9.03. The molecule has 0 atom stereocenters. The summed E-state index contributed by atoms with van der Waals surface area (Å²) in [4.78, 5) is 13.3. The van der Waals surface area contributed by atoms with Gasteiger partial charge in [0.2, 0.25) is 0 Å². The molecule has 0 saturated carbocycles. The zero-order valence-corrected chi connectivity index (χ0v) is 12.4. The van der Waals surface area contributed by atoms with Gasteiger partial charge >= 0.3 is 5.97 Å². The maximum absolute atomic E-state index is 11.0. The molecule has 0 amide bonds. The number of rotatable bonds is 3. The van der Waals surface area contributed by atoms with Crippen molar-refractivity contribution >= 4 is 21.9 Å².